The van der Waals surface area contributed by atoms with Crippen molar-refractivity contribution in [3.05, 3.63) is 62.5 Å². The predicted octanol–water partition coefficient (Wildman–Crippen LogP) is 3.38. The normalized spacial score (nSPS) is 13.0. The van der Waals surface area contributed by atoms with E-state index in [-0.39, 0.29) is 11.5 Å². The van der Waals surface area contributed by atoms with Gasteiger partial charge in [0.2, 0.25) is 5.91 Å². The average Bonchev–Trinajstić information content (AvgIpc) is 3.32. The molecule has 1 aliphatic rings. The number of thioether (sulfide) groups is 1. The van der Waals surface area contributed by atoms with Crippen molar-refractivity contribution in [3.63, 3.8) is 0 Å². The van der Waals surface area contributed by atoms with Gasteiger partial charge in [-0.3, -0.25) is 9.59 Å². The Kier molecular flexibility index (Phi) is 6.86. The van der Waals surface area contributed by atoms with Crippen molar-refractivity contribution < 1.29 is 9.53 Å². The molecular weight excluding hydrogens is 418 g/mol. The van der Waals surface area contributed by atoms with Crippen LogP contribution in [0.1, 0.15) is 28.2 Å². The van der Waals surface area contributed by atoms with Gasteiger partial charge in [-0.25, -0.2) is 4.98 Å². The highest BCUT2D eigenvalue weighted by Crippen LogP contribution is 2.34. The third-order valence-electron chi connectivity index (χ3n) is 5.22. The Morgan fingerprint density at radius 3 is 2.93 bits per heavy atom. The van der Waals surface area contributed by atoms with E-state index >= 15 is 0 Å². The Bertz CT molecular complexity index is 1080. The molecule has 30 heavy (non-hydrogen) atoms. The van der Waals surface area contributed by atoms with Gasteiger partial charge in [0, 0.05) is 25.1 Å². The van der Waals surface area contributed by atoms with E-state index < -0.39 is 0 Å². The molecule has 0 fully saturated rings. The fourth-order valence-electron chi connectivity index (χ4n) is 3.74. The highest BCUT2D eigenvalue weighted by atomic mass is 32.2. The number of fused-ring (bicyclic) bond motifs is 3. The Hall–Kier alpha value is -2.16. The van der Waals surface area contributed by atoms with Gasteiger partial charge in [-0.2, -0.15) is 0 Å². The Morgan fingerprint density at radius 2 is 2.13 bits per heavy atom. The number of hydrogen-bond acceptors (Lipinski definition) is 6. The molecule has 0 spiro atoms. The van der Waals surface area contributed by atoms with Crippen LogP contribution in [0.4, 0.5) is 0 Å². The first-order valence-corrected chi connectivity index (χ1v) is 12.0. The number of nitrogens with one attached hydrogen (secondary N) is 1. The van der Waals surface area contributed by atoms with Gasteiger partial charge in [-0.15, -0.1) is 23.1 Å². The van der Waals surface area contributed by atoms with Crippen molar-refractivity contribution in [1.29, 1.82) is 0 Å². The molecule has 0 saturated heterocycles. The molecule has 0 unspecified atom stereocenters. The third kappa shape index (κ3) is 4.77. The highest BCUT2D eigenvalue weighted by Gasteiger charge is 2.21. The zero-order chi connectivity index (χ0) is 20.9. The maximum atomic E-state index is 12.8. The van der Waals surface area contributed by atoms with Crippen molar-refractivity contribution in [2.75, 3.05) is 26.0 Å². The molecule has 4 rings (SSSR count). The number of rotatable bonds is 9. The fourth-order valence-corrected chi connectivity index (χ4v) is 5.81. The number of aryl methyl sites for hydroxylation is 2. The van der Waals surface area contributed by atoms with E-state index in [2.05, 4.69) is 9.97 Å². The van der Waals surface area contributed by atoms with Gasteiger partial charge in [0.25, 0.3) is 5.56 Å². The lowest BCUT2D eigenvalue weighted by Gasteiger charge is -2.22. The molecule has 2 heterocycles. The third-order valence-corrected chi connectivity index (χ3v) is 7.34. The van der Waals surface area contributed by atoms with Crippen molar-refractivity contribution in [1.82, 2.24) is 14.9 Å². The summed E-state index contributed by atoms with van der Waals surface area (Å²) in [4.78, 5) is 36.9. The first-order valence-electron chi connectivity index (χ1n) is 10.1. The van der Waals surface area contributed by atoms with Crippen LogP contribution in [0, 0.1) is 0 Å². The maximum Gasteiger partial charge on any atom is 0.259 e. The second kappa shape index (κ2) is 9.76. The number of amides is 1. The molecule has 1 aromatic carbocycles. The Morgan fingerprint density at radius 1 is 1.30 bits per heavy atom. The number of carbonyl (C=O) groups excluding carboxylic acids is 1. The summed E-state index contributed by atoms with van der Waals surface area (Å²) in [7, 11) is 1.64. The monoisotopic (exact) mass is 443 g/mol. The first kappa shape index (κ1) is 21.1. The van der Waals surface area contributed by atoms with E-state index in [1.165, 1.54) is 22.2 Å². The fraction of sp³-hybridized carbons (Fsp3) is 0.409. The standard InChI is InChI=1S/C22H25N3O3S2/c1-28-11-10-25(12-15-6-3-2-4-7-15)19(26)14-29-13-18-23-21(27)20-16-8-5-9-17(16)30-22(20)24-18/h2-4,6-7H,5,8-14H2,1H3,(H,23,24,27). The van der Waals surface area contributed by atoms with Gasteiger partial charge in [0.05, 0.1) is 23.5 Å². The number of carbonyl (C=O) groups is 1. The number of aromatic nitrogens is 2. The number of thiophene rings is 1. The molecule has 0 radical (unpaired) electrons. The van der Waals surface area contributed by atoms with E-state index in [1.54, 1.807) is 18.4 Å². The number of benzene rings is 1. The molecule has 0 atom stereocenters. The lowest BCUT2D eigenvalue weighted by molar-refractivity contribution is -0.129. The molecule has 1 N–H and O–H groups in total. The van der Waals surface area contributed by atoms with Gasteiger partial charge >= 0.3 is 0 Å². The van der Waals surface area contributed by atoms with Crippen LogP contribution < -0.4 is 5.56 Å². The van der Waals surface area contributed by atoms with E-state index in [4.69, 9.17) is 4.74 Å². The van der Waals surface area contributed by atoms with Crippen molar-refractivity contribution in [3.8, 4) is 0 Å². The van der Waals surface area contributed by atoms with E-state index in [1.807, 2.05) is 35.2 Å². The first-order chi connectivity index (χ1) is 14.7. The highest BCUT2D eigenvalue weighted by molar-refractivity contribution is 7.99. The smallest absolute Gasteiger partial charge is 0.259 e. The van der Waals surface area contributed by atoms with E-state index in [0.29, 0.717) is 37.0 Å². The van der Waals surface area contributed by atoms with Gasteiger partial charge in [0.15, 0.2) is 0 Å². The second-order valence-corrected chi connectivity index (χ2v) is 9.41. The number of methoxy groups -OCH3 is 1. The van der Waals surface area contributed by atoms with Crippen LogP contribution in [0.3, 0.4) is 0 Å². The minimum absolute atomic E-state index is 0.0490. The summed E-state index contributed by atoms with van der Waals surface area (Å²) in [5.74, 6) is 1.53. The molecule has 2 aromatic heterocycles. The number of nitrogens with zero attached hydrogens (tertiary/aromatic N) is 2. The molecule has 0 bridgehead atoms. The van der Waals surface area contributed by atoms with Crippen molar-refractivity contribution >= 4 is 39.2 Å². The molecule has 6 nitrogen and oxygen atoms in total. The molecule has 1 amide bonds. The number of hydrogen-bond donors (Lipinski definition) is 1. The quantitative estimate of drug-likeness (QED) is 0.549. The second-order valence-electron chi connectivity index (χ2n) is 7.34. The SMILES string of the molecule is COCCN(Cc1ccccc1)C(=O)CSCc1nc2sc3c(c2c(=O)[nH]1)CCC3. The van der Waals surface area contributed by atoms with Crippen molar-refractivity contribution in [2.45, 2.75) is 31.6 Å². The molecule has 3 aromatic rings. The van der Waals surface area contributed by atoms with E-state index in [0.717, 1.165) is 35.0 Å². The zero-order valence-electron chi connectivity index (χ0n) is 17.0. The van der Waals surface area contributed by atoms with Crippen LogP contribution in [0.25, 0.3) is 10.2 Å². The van der Waals surface area contributed by atoms with Crippen LogP contribution in [-0.2, 0) is 34.7 Å². The number of ether oxygens (including phenoxy) is 1. The summed E-state index contributed by atoms with van der Waals surface area (Å²) in [5, 5.41) is 0.769. The average molecular weight is 444 g/mol. The van der Waals surface area contributed by atoms with Gasteiger partial charge in [-0.05, 0) is 30.4 Å². The number of H-pyrrole nitrogens is 1. The zero-order valence-corrected chi connectivity index (χ0v) is 18.6. The molecule has 0 aliphatic heterocycles. The lowest BCUT2D eigenvalue weighted by atomic mass is 10.2. The van der Waals surface area contributed by atoms with Crippen LogP contribution in [-0.4, -0.2) is 46.8 Å². The van der Waals surface area contributed by atoms with Gasteiger partial charge in [-0.1, -0.05) is 30.3 Å². The predicted molar refractivity (Wildman–Crippen MR) is 122 cm³/mol. The van der Waals surface area contributed by atoms with Gasteiger partial charge < -0.3 is 14.6 Å². The molecule has 8 heteroatoms. The Labute approximate surface area is 183 Å². The summed E-state index contributed by atoms with van der Waals surface area (Å²) in [6, 6.07) is 9.95. The summed E-state index contributed by atoms with van der Waals surface area (Å²) >= 11 is 3.12. The van der Waals surface area contributed by atoms with Crippen LogP contribution >= 0.6 is 23.1 Å². The number of aromatic amines is 1. The topological polar surface area (TPSA) is 75.3 Å². The summed E-state index contributed by atoms with van der Waals surface area (Å²) in [6.45, 7) is 1.61. The molecule has 1 aliphatic carbocycles. The summed E-state index contributed by atoms with van der Waals surface area (Å²) in [5.41, 5.74) is 2.23. The van der Waals surface area contributed by atoms with Crippen LogP contribution in [0.2, 0.25) is 0 Å². The summed E-state index contributed by atoms with van der Waals surface area (Å²) < 4.78 is 5.16. The minimum atomic E-state index is -0.0490. The van der Waals surface area contributed by atoms with Crippen molar-refractivity contribution in [2.24, 2.45) is 0 Å². The Balaban J connectivity index is 1.38. The van der Waals surface area contributed by atoms with E-state index in [9.17, 15) is 9.59 Å². The van der Waals surface area contributed by atoms with Crippen LogP contribution in [0.5, 0.6) is 0 Å². The maximum absolute atomic E-state index is 12.8. The minimum Gasteiger partial charge on any atom is -0.383 e. The van der Waals surface area contributed by atoms with Gasteiger partial charge in [0.1, 0.15) is 10.7 Å². The summed E-state index contributed by atoms with van der Waals surface area (Å²) in [6.07, 6.45) is 3.15. The van der Waals surface area contributed by atoms with Crippen LogP contribution in [0.15, 0.2) is 35.1 Å². The largest absolute Gasteiger partial charge is 0.383 e. The molecule has 0 saturated carbocycles. The lowest BCUT2D eigenvalue weighted by Crippen LogP contribution is -2.34. The molecular formula is C22H25N3O3S2. The molecule has 158 valence electrons.